The molecule has 1 atom stereocenters. The number of hydrogen-bond acceptors (Lipinski definition) is 6. The van der Waals surface area contributed by atoms with Gasteiger partial charge in [-0.15, -0.1) is 0 Å². The standard InChI is InChI=1S/C28H26N2O5/c1-29(2)21-11-8-19(9-12-21)25-24(26(31)20-10-13-22-23(16-20)35-15-14-34-22)27(32)28(33)30(25)17-18-6-4-3-5-7-18/h3-13,16,25,31H,14-15,17H2,1-2H3/b26-24-. The molecule has 1 saturated heterocycles. The van der Waals surface area contributed by atoms with E-state index in [9.17, 15) is 14.7 Å². The molecule has 7 nitrogen and oxygen atoms in total. The zero-order valence-corrected chi connectivity index (χ0v) is 19.6. The lowest BCUT2D eigenvalue weighted by Gasteiger charge is -2.26. The number of fused-ring (bicyclic) bond motifs is 1. The summed E-state index contributed by atoms with van der Waals surface area (Å²) in [5, 5.41) is 11.3. The van der Waals surface area contributed by atoms with Gasteiger partial charge < -0.3 is 24.4 Å². The molecule has 2 aliphatic heterocycles. The van der Waals surface area contributed by atoms with Gasteiger partial charge in [-0.2, -0.15) is 0 Å². The number of nitrogens with zero attached hydrogens (tertiary/aromatic N) is 2. The van der Waals surface area contributed by atoms with Crippen LogP contribution < -0.4 is 14.4 Å². The summed E-state index contributed by atoms with van der Waals surface area (Å²) in [6, 6.07) is 21.4. The largest absolute Gasteiger partial charge is 0.507 e. The van der Waals surface area contributed by atoms with Gasteiger partial charge in [-0.25, -0.2) is 0 Å². The maximum atomic E-state index is 13.3. The molecule has 0 radical (unpaired) electrons. The van der Waals surface area contributed by atoms with E-state index in [0.717, 1.165) is 16.8 Å². The maximum Gasteiger partial charge on any atom is 0.295 e. The first-order valence-electron chi connectivity index (χ1n) is 11.4. The number of amides is 1. The number of carbonyl (C=O) groups excluding carboxylic acids is 2. The Morgan fingerprint density at radius 2 is 1.63 bits per heavy atom. The van der Waals surface area contributed by atoms with E-state index >= 15 is 0 Å². The monoisotopic (exact) mass is 470 g/mol. The molecular weight excluding hydrogens is 444 g/mol. The molecule has 3 aromatic rings. The van der Waals surface area contributed by atoms with Gasteiger partial charge in [0.15, 0.2) is 11.5 Å². The zero-order chi connectivity index (χ0) is 24.5. The highest BCUT2D eigenvalue weighted by Gasteiger charge is 2.46. The average molecular weight is 471 g/mol. The first-order chi connectivity index (χ1) is 16.9. The number of carbonyl (C=O) groups is 2. The summed E-state index contributed by atoms with van der Waals surface area (Å²) >= 11 is 0. The predicted octanol–water partition coefficient (Wildman–Crippen LogP) is 4.15. The van der Waals surface area contributed by atoms with Crippen molar-refractivity contribution in [1.82, 2.24) is 4.90 Å². The Kier molecular flexibility index (Phi) is 5.91. The lowest BCUT2D eigenvalue weighted by Crippen LogP contribution is -2.29. The van der Waals surface area contributed by atoms with Crippen LogP contribution in [0.4, 0.5) is 5.69 Å². The molecule has 5 rings (SSSR count). The fourth-order valence-electron chi connectivity index (χ4n) is 4.47. The fourth-order valence-corrected chi connectivity index (χ4v) is 4.47. The molecule has 35 heavy (non-hydrogen) atoms. The van der Waals surface area contributed by atoms with Crippen molar-refractivity contribution >= 4 is 23.1 Å². The van der Waals surface area contributed by atoms with Gasteiger partial charge in [0.2, 0.25) is 0 Å². The Balaban J connectivity index is 1.62. The molecule has 2 aliphatic rings. The molecule has 0 aliphatic carbocycles. The van der Waals surface area contributed by atoms with Crippen LogP contribution in [-0.2, 0) is 16.1 Å². The minimum Gasteiger partial charge on any atom is -0.507 e. The SMILES string of the molecule is CN(C)c1ccc(C2/C(=C(/O)c3ccc4c(c3)OCCO4)C(=O)C(=O)N2Cc2ccccc2)cc1. The Morgan fingerprint density at radius 3 is 2.31 bits per heavy atom. The van der Waals surface area contributed by atoms with Gasteiger partial charge in [-0.1, -0.05) is 42.5 Å². The second kappa shape index (κ2) is 9.18. The third kappa shape index (κ3) is 4.21. The topological polar surface area (TPSA) is 79.3 Å². The van der Waals surface area contributed by atoms with Gasteiger partial charge >= 0.3 is 0 Å². The average Bonchev–Trinajstić information content (AvgIpc) is 3.13. The van der Waals surface area contributed by atoms with Gasteiger partial charge in [-0.05, 0) is 41.5 Å². The molecule has 7 heteroatoms. The molecule has 0 aromatic heterocycles. The number of Topliss-reactive ketones (excluding diaryl/α,β-unsaturated/α-hetero) is 1. The summed E-state index contributed by atoms with van der Waals surface area (Å²) < 4.78 is 11.2. The fraction of sp³-hybridized carbons (Fsp3) is 0.214. The van der Waals surface area contributed by atoms with Crippen LogP contribution in [0.2, 0.25) is 0 Å². The van der Waals surface area contributed by atoms with Crippen molar-refractivity contribution in [1.29, 1.82) is 0 Å². The summed E-state index contributed by atoms with van der Waals surface area (Å²) in [6.45, 7) is 1.09. The van der Waals surface area contributed by atoms with Gasteiger partial charge in [0.25, 0.3) is 11.7 Å². The number of hydrogen-bond donors (Lipinski definition) is 1. The smallest absolute Gasteiger partial charge is 0.295 e. The second-order valence-electron chi connectivity index (χ2n) is 8.76. The first kappa shape index (κ1) is 22.5. The molecule has 2 heterocycles. The molecule has 0 spiro atoms. The Labute approximate surface area is 203 Å². The number of rotatable bonds is 5. The molecule has 1 fully saturated rings. The van der Waals surface area contributed by atoms with Crippen LogP contribution in [0.25, 0.3) is 5.76 Å². The van der Waals surface area contributed by atoms with Crippen molar-refractivity contribution in [3.05, 3.63) is 95.1 Å². The Hall–Kier alpha value is -4.26. The third-order valence-corrected chi connectivity index (χ3v) is 6.28. The molecule has 178 valence electrons. The van der Waals surface area contributed by atoms with E-state index in [1.54, 1.807) is 18.2 Å². The van der Waals surface area contributed by atoms with Gasteiger partial charge in [0.1, 0.15) is 19.0 Å². The van der Waals surface area contributed by atoms with Crippen LogP contribution in [0, 0.1) is 0 Å². The van der Waals surface area contributed by atoms with Crippen LogP contribution in [0.5, 0.6) is 11.5 Å². The van der Waals surface area contributed by atoms with E-state index in [2.05, 4.69) is 0 Å². The van der Waals surface area contributed by atoms with Crippen LogP contribution in [0.3, 0.4) is 0 Å². The van der Waals surface area contributed by atoms with Gasteiger partial charge in [-0.3, -0.25) is 9.59 Å². The number of benzene rings is 3. The highest BCUT2D eigenvalue weighted by molar-refractivity contribution is 6.46. The maximum absolute atomic E-state index is 13.3. The summed E-state index contributed by atoms with van der Waals surface area (Å²) in [5.41, 5.74) is 3.07. The van der Waals surface area contributed by atoms with Crippen LogP contribution >= 0.6 is 0 Å². The van der Waals surface area contributed by atoms with Crippen molar-refractivity contribution in [2.24, 2.45) is 0 Å². The van der Waals surface area contributed by atoms with E-state index in [0.29, 0.717) is 30.3 Å². The highest BCUT2D eigenvalue weighted by Crippen LogP contribution is 2.42. The van der Waals surface area contributed by atoms with Crippen molar-refractivity contribution in [2.45, 2.75) is 12.6 Å². The Morgan fingerprint density at radius 1 is 0.943 bits per heavy atom. The quantitative estimate of drug-likeness (QED) is 0.343. The van der Waals surface area contributed by atoms with Crippen molar-refractivity contribution in [3.8, 4) is 11.5 Å². The van der Waals surface area contributed by atoms with Crippen molar-refractivity contribution in [3.63, 3.8) is 0 Å². The van der Waals surface area contributed by atoms with Crippen molar-refractivity contribution in [2.75, 3.05) is 32.2 Å². The molecule has 1 amide bonds. The van der Waals surface area contributed by atoms with Crippen LogP contribution in [-0.4, -0.2) is 49.0 Å². The zero-order valence-electron chi connectivity index (χ0n) is 19.6. The number of aliphatic hydroxyl groups is 1. The van der Waals surface area contributed by atoms with Gasteiger partial charge in [0.05, 0.1) is 11.6 Å². The lowest BCUT2D eigenvalue weighted by atomic mass is 9.94. The van der Waals surface area contributed by atoms with Crippen LogP contribution in [0.1, 0.15) is 22.7 Å². The van der Waals surface area contributed by atoms with E-state index in [-0.39, 0.29) is 17.9 Å². The highest BCUT2D eigenvalue weighted by atomic mass is 16.6. The Bertz CT molecular complexity index is 1300. The number of ketones is 1. The number of likely N-dealkylation sites (tertiary alicyclic amines) is 1. The van der Waals surface area contributed by atoms with E-state index in [4.69, 9.17) is 9.47 Å². The molecule has 1 N–H and O–H groups in total. The minimum atomic E-state index is -0.736. The summed E-state index contributed by atoms with van der Waals surface area (Å²) in [5.74, 6) is -0.527. The normalized spacial score (nSPS) is 18.6. The predicted molar refractivity (Wildman–Crippen MR) is 132 cm³/mol. The molecule has 3 aromatic carbocycles. The van der Waals surface area contributed by atoms with E-state index in [1.165, 1.54) is 4.90 Å². The third-order valence-electron chi connectivity index (χ3n) is 6.28. The number of ether oxygens (including phenoxy) is 2. The molecular formula is C28H26N2O5. The second-order valence-corrected chi connectivity index (χ2v) is 8.76. The van der Waals surface area contributed by atoms with Crippen molar-refractivity contribution < 1.29 is 24.2 Å². The minimum absolute atomic E-state index is 0.0558. The number of anilines is 1. The van der Waals surface area contributed by atoms with Crippen LogP contribution in [0.15, 0.2) is 78.4 Å². The van der Waals surface area contributed by atoms with E-state index in [1.807, 2.05) is 73.6 Å². The molecule has 1 unspecified atom stereocenters. The molecule has 0 saturated carbocycles. The number of aliphatic hydroxyl groups excluding tert-OH is 1. The van der Waals surface area contributed by atoms with E-state index < -0.39 is 17.7 Å². The summed E-state index contributed by atoms with van der Waals surface area (Å²) in [7, 11) is 3.89. The van der Waals surface area contributed by atoms with Gasteiger partial charge in [0, 0.05) is 31.9 Å². The first-order valence-corrected chi connectivity index (χ1v) is 11.4. The summed E-state index contributed by atoms with van der Waals surface area (Å²) in [6.07, 6.45) is 0. The summed E-state index contributed by atoms with van der Waals surface area (Å²) in [4.78, 5) is 30.0. The lowest BCUT2D eigenvalue weighted by molar-refractivity contribution is -0.140. The molecule has 0 bridgehead atoms.